The number of benzene rings is 3. The number of ether oxygens (including phenoxy) is 2. The molecule has 0 aliphatic carbocycles. The van der Waals surface area contributed by atoms with E-state index in [-0.39, 0.29) is 29.5 Å². The number of nitrogens with zero attached hydrogens (tertiary/aromatic N) is 2. The number of amides is 1. The van der Waals surface area contributed by atoms with E-state index in [1.54, 1.807) is 29.2 Å². The standard InChI is InChI=1S/C31H36N2O8S/c1-6-19-32(30(34)41-31(3,4)5)26-14-11-24(12-15-26)9-10-25-13-18-28(33(35)36)29(22-25)39-20-21-40-42(37,38)27-16-7-23(2)8-17-27/h7-18,22H,6,19-21H2,1-5H3/b10-9+. The summed E-state index contributed by atoms with van der Waals surface area (Å²) in [5, 5.41) is 11.5. The molecule has 0 fully saturated rings. The summed E-state index contributed by atoms with van der Waals surface area (Å²) in [6.07, 6.45) is 3.94. The Labute approximate surface area is 246 Å². The molecular formula is C31H36N2O8S. The molecular weight excluding hydrogens is 560 g/mol. The minimum Gasteiger partial charge on any atom is -0.484 e. The van der Waals surface area contributed by atoms with Crippen molar-refractivity contribution < 1.29 is 31.8 Å². The van der Waals surface area contributed by atoms with E-state index in [9.17, 15) is 23.3 Å². The van der Waals surface area contributed by atoms with E-state index in [1.807, 2.05) is 65.0 Å². The highest BCUT2D eigenvalue weighted by atomic mass is 32.2. The van der Waals surface area contributed by atoms with Gasteiger partial charge in [0.15, 0.2) is 5.75 Å². The van der Waals surface area contributed by atoms with E-state index >= 15 is 0 Å². The van der Waals surface area contributed by atoms with Crippen molar-refractivity contribution in [2.45, 2.75) is 51.5 Å². The molecule has 42 heavy (non-hydrogen) atoms. The third-order valence-electron chi connectivity index (χ3n) is 5.80. The van der Waals surface area contributed by atoms with Gasteiger partial charge < -0.3 is 9.47 Å². The van der Waals surface area contributed by atoms with Gasteiger partial charge in [0, 0.05) is 18.3 Å². The summed E-state index contributed by atoms with van der Waals surface area (Å²) in [4.78, 5) is 25.2. The summed E-state index contributed by atoms with van der Waals surface area (Å²) in [6, 6.07) is 18.0. The van der Waals surface area contributed by atoms with Crippen LogP contribution in [-0.2, 0) is 19.0 Å². The van der Waals surface area contributed by atoms with Gasteiger partial charge in [-0.1, -0.05) is 48.9 Å². The first-order valence-electron chi connectivity index (χ1n) is 13.4. The lowest BCUT2D eigenvalue weighted by Crippen LogP contribution is -2.37. The van der Waals surface area contributed by atoms with E-state index in [0.717, 1.165) is 17.5 Å². The van der Waals surface area contributed by atoms with Crippen LogP contribution in [0.1, 0.15) is 50.8 Å². The van der Waals surface area contributed by atoms with E-state index in [0.29, 0.717) is 17.8 Å². The lowest BCUT2D eigenvalue weighted by molar-refractivity contribution is -0.385. The Bertz CT molecular complexity index is 1510. The zero-order chi connectivity index (χ0) is 30.9. The Morgan fingerprint density at radius 1 is 0.952 bits per heavy atom. The number of hydrogen-bond acceptors (Lipinski definition) is 8. The average Bonchev–Trinajstić information content (AvgIpc) is 2.92. The van der Waals surface area contributed by atoms with Gasteiger partial charge in [-0.15, -0.1) is 0 Å². The number of carbonyl (C=O) groups is 1. The summed E-state index contributed by atoms with van der Waals surface area (Å²) >= 11 is 0. The topological polar surface area (TPSA) is 125 Å². The molecule has 3 rings (SSSR count). The monoisotopic (exact) mass is 596 g/mol. The fourth-order valence-electron chi connectivity index (χ4n) is 3.79. The van der Waals surface area contributed by atoms with Crippen molar-refractivity contribution in [3.05, 3.63) is 93.5 Å². The van der Waals surface area contributed by atoms with Crippen molar-refractivity contribution >= 4 is 39.7 Å². The third-order valence-corrected chi connectivity index (χ3v) is 7.13. The molecule has 0 bridgehead atoms. The molecule has 0 saturated heterocycles. The zero-order valence-corrected chi connectivity index (χ0v) is 25.2. The van der Waals surface area contributed by atoms with Gasteiger partial charge in [-0.25, -0.2) is 4.79 Å². The number of rotatable bonds is 12. The molecule has 0 saturated carbocycles. The van der Waals surface area contributed by atoms with Crippen LogP contribution in [0.2, 0.25) is 0 Å². The number of carbonyl (C=O) groups excluding carboxylic acids is 1. The Morgan fingerprint density at radius 2 is 1.57 bits per heavy atom. The van der Waals surface area contributed by atoms with Crippen molar-refractivity contribution in [3.63, 3.8) is 0 Å². The summed E-state index contributed by atoms with van der Waals surface area (Å²) in [7, 11) is -3.98. The number of nitro groups is 1. The first-order valence-corrected chi connectivity index (χ1v) is 14.9. The van der Waals surface area contributed by atoms with Crippen molar-refractivity contribution in [2.75, 3.05) is 24.7 Å². The first-order chi connectivity index (χ1) is 19.8. The maximum absolute atomic E-state index is 12.7. The van der Waals surface area contributed by atoms with E-state index < -0.39 is 26.7 Å². The van der Waals surface area contributed by atoms with Crippen LogP contribution >= 0.6 is 0 Å². The fraction of sp³-hybridized carbons (Fsp3) is 0.323. The molecule has 0 aliphatic heterocycles. The summed E-state index contributed by atoms with van der Waals surface area (Å²) < 4.78 is 40.8. The Kier molecular flexibility index (Phi) is 10.8. The minimum atomic E-state index is -3.98. The second kappa shape index (κ2) is 14.1. The fourth-order valence-corrected chi connectivity index (χ4v) is 4.69. The number of anilines is 1. The maximum Gasteiger partial charge on any atom is 0.414 e. The Morgan fingerprint density at radius 3 is 2.17 bits per heavy atom. The van der Waals surface area contributed by atoms with Crippen LogP contribution in [0.15, 0.2) is 71.6 Å². The van der Waals surface area contributed by atoms with Gasteiger partial charge in [0.05, 0.1) is 9.82 Å². The highest BCUT2D eigenvalue weighted by molar-refractivity contribution is 7.86. The molecule has 0 N–H and O–H groups in total. The lowest BCUT2D eigenvalue weighted by atomic mass is 10.1. The van der Waals surface area contributed by atoms with Crippen LogP contribution in [0.5, 0.6) is 5.75 Å². The predicted molar refractivity (Wildman–Crippen MR) is 162 cm³/mol. The van der Waals surface area contributed by atoms with Gasteiger partial charge >= 0.3 is 11.8 Å². The van der Waals surface area contributed by atoms with Gasteiger partial charge in [-0.05, 0) is 81.6 Å². The molecule has 0 aliphatic rings. The second-order valence-electron chi connectivity index (χ2n) is 10.5. The predicted octanol–water partition coefficient (Wildman–Crippen LogP) is 7.01. The van der Waals surface area contributed by atoms with Crippen LogP contribution < -0.4 is 9.64 Å². The van der Waals surface area contributed by atoms with Crippen molar-refractivity contribution in [1.29, 1.82) is 0 Å². The smallest absolute Gasteiger partial charge is 0.414 e. The molecule has 0 heterocycles. The summed E-state index contributed by atoms with van der Waals surface area (Å²) in [6.45, 7) is 9.26. The maximum atomic E-state index is 12.7. The largest absolute Gasteiger partial charge is 0.484 e. The van der Waals surface area contributed by atoms with Crippen LogP contribution in [0.4, 0.5) is 16.2 Å². The molecule has 0 aromatic heterocycles. The van der Waals surface area contributed by atoms with E-state index in [1.165, 1.54) is 24.3 Å². The van der Waals surface area contributed by atoms with Gasteiger partial charge in [0.1, 0.15) is 18.8 Å². The van der Waals surface area contributed by atoms with Crippen LogP contribution in [-0.4, -0.2) is 44.8 Å². The molecule has 0 radical (unpaired) electrons. The average molecular weight is 597 g/mol. The highest BCUT2D eigenvalue weighted by Gasteiger charge is 2.23. The molecule has 10 nitrogen and oxygen atoms in total. The molecule has 11 heteroatoms. The zero-order valence-electron chi connectivity index (χ0n) is 24.4. The normalized spacial score (nSPS) is 11.8. The van der Waals surface area contributed by atoms with Crippen LogP contribution in [0, 0.1) is 17.0 Å². The van der Waals surface area contributed by atoms with Crippen molar-refractivity contribution in [1.82, 2.24) is 0 Å². The third kappa shape index (κ3) is 9.42. The van der Waals surface area contributed by atoms with Crippen molar-refractivity contribution in [2.24, 2.45) is 0 Å². The quantitative estimate of drug-likeness (QED) is 0.0719. The Hall–Kier alpha value is -4.22. The highest BCUT2D eigenvalue weighted by Crippen LogP contribution is 2.29. The number of aryl methyl sites for hydroxylation is 1. The molecule has 3 aromatic carbocycles. The summed E-state index contributed by atoms with van der Waals surface area (Å²) in [5.41, 5.74) is 2.24. The second-order valence-corrected chi connectivity index (χ2v) is 12.1. The van der Waals surface area contributed by atoms with Crippen LogP contribution in [0.3, 0.4) is 0 Å². The minimum absolute atomic E-state index is 0.0126. The molecule has 3 aromatic rings. The van der Waals surface area contributed by atoms with E-state index in [4.69, 9.17) is 13.7 Å². The van der Waals surface area contributed by atoms with E-state index in [2.05, 4.69) is 0 Å². The molecule has 0 atom stereocenters. The summed E-state index contributed by atoms with van der Waals surface area (Å²) in [5.74, 6) is -0.0126. The van der Waals surface area contributed by atoms with Gasteiger partial charge in [0.25, 0.3) is 10.1 Å². The number of nitro benzene ring substituents is 1. The molecule has 224 valence electrons. The van der Waals surface area contributed by atoms with Gasteiger partial charge in [0.2, 0.25) is 0 Å². The van der Waals surface area contributed by atoms with Gasteiger partial charge in [-0.2, -0.15) is 8.42 Å². The number of hydrogen-bond donors (Lipinski definition) is 0. The lowest BCUT2D eigenvalue weighted by Gasteiger charge is -2.27. The molecule has 0 spiro atoms. The van der Waals surface area contributed by atoms with Crippen molar-refractivity contribution in [3.8, 4) is 5.75 Å². The Balaban J connectivity index is 1.68. The van der Waals surface area contributed by atoms with Gasteiger partial charge in [-0.3, -0.25) is 19.2 Å². The van der Waals surface area contributed by atoms with Crippen LogP contribution in [0.25, 0.3) is 12.2 Å². The molecule has 1 amide bonds. The first kappa shape index (κ1) is 32.3. The SMILES string of the molecule is CCCN(C(=O)OC(C)(C)C)c1ccc(/C=C/c2ccc([N+](=O)[O-])c(OCCOS(=O)(=O)c3ccc(C)cc3)c2)cc1. The molecule has 0 unspecified atom stereocenters.